The van der Waals surface area contributed by atoms with Crippen molar-refractivity contribution in [1.29, 1.82) is 0 Å². The van der Waals surface area contributed by atoms with Crippen LogP contribution in [0.2, 0.25) is 0 Å². The van der Waals surface area contributed by atoms with Crippen LogP contribution in [-0.2, 0) is 6.54 Å². The van der Waals surface area contributed by atoms with Crippen molar-refractivity contribution in [3.63, 3.8) is 0 Å². The first-order chi connectivity index (χ1) is 13.0. The molecule has 9 heteroatoms. The van der Waals surface area contributed by atoms with Crippen molar-refractivity contribution in [1.82, 2.24) is 15.1 Å². The largest absolute Gasteiger partial charge is 0.493 e. The van der Waals surface area contributed by atoms with Gasteiger partial charge in [-0.05, 0) is 43.1 Å². The predicted molar refractivity (Wildman–Crippen MR) is 97.1 cm³/mol. The minimum atomic E-state index is -2.90. The Kier molecular flexibility index (Phi) is 6.02. The smallest absolute Gasteiger partial charge is 0.387 e. The van der Waals surface area contributed by atoms with Gasteiger partial charge in [-0.1, -0.05) is 12.1 Å². The van der Waals surface area contributed by atoms with E-state index in [-0.39, 0.29) is 17.5 Å². The van der Waals surface area contributed by atoms with Crippen molar-refractivity contribution in [2.75, 3.05) is 14.2 Å². The molecule has 2 heterocycles. The summed E-state index contributed by atoms with van der Waals surface area (Å²) in [4.78, 5) is 2.93. The highest BCUT2D eigenvalue weighted by atomic mass is 32.1. The van der Waals surface area contributed by atoms with E-state index in [9.17, 15) is 8.78 Å². The molecule has 27 heavy (non-hydrogen) atoms. The fraction of sp³-hybridized carbons (Fsp3) is 0.333. The summed E-state index contributed by atoms with van der Waals surface area (Å²) in [5.74, 6) is 1.26. The fourth-order valence-corrected chi connectivity index (χ4v) is 3.16. The quantitative estimate of drug-likeness (QED) is 0.555. The molecule has 0 fully saturated rings. The van der Waals surface area contributed by atoms with Crippen molar-refractivity contribution in [3.05, 3.63) is 47.2 Å². The molecule has 0 radical (unpaired) electrons. The highest BCUT2D eigenvalue weighted by Crippen LogP contribution is 2.31. The van der Waals surface area contributed by atoms with E-state index in [1.165, 1.54) is 24.5 Å². The second-order valence-electron chi connectivity index (χ2n) is 5.88. The molecule has 0 amide bonds. The van der Waals surface area contributed by atoms with Gasteiger partial charge in [-0.25, -0.2) is 0 Å². The first-order valence-corrected chi connectivity index (χ1v) is 9.05. The number of aromatic nitrogens is 2. The Balaban J connectivity index is 1.70. The van der Waals surface area contributed by atoms with Gasteiger partial charge in [-0.15, -0.1) is 21.5 Å². The van der Waals surface area contributed by atoms with Crippen LogP contribution in [0, 0.1) is 0 Å². The van der Waals surface area contributed by atoms with Crippen molar-refractivity contribution < 1.29 is 22.7 Å². The van der Waals surface area contributed by atoms with E-state index >= 15 is 0 Å². The number of alkyl halides is 2. The van der Waals surface area contributed by atoms with Gasteiger partial charge in [0.25, 0.3) is 5.89 Å². The molecule has 1 atom stereocenters. The molecular weight excluding hydrogens is 376 g/mol. The molecule has 0 bridgehead atoms. The SMILES string of the molecule is COc1cc(CN(C)[C@@H](C)c2nnc(-c3cccs3)o2)ccc1OC(F)F. The molecule has 0 aliphatic carbocycles. The first kappa shape index (κ1) is 19.2. The van der Waals surface area contributed by atoms with Crippen LogP contribution in [0.15, 0.2) is 40.1 Å². The molecule has 0 saturated heterocycles. The number of halogens is 2. The average molecular weight is 395 g/mol. The number of hydrogen-bond donors (Lipinski definition) is 0. The van der Waals surface area contributed by atoms with Gasteiger partial charge in [-0.3, -0.25) is 4.90 Å². The molecule has 6 nitrogen and oxygen atoms in total. The number of benzene rings is 1. The zero-order valence-electron chi connectivity index (χ0n) is 15.1. The van der Waals surface area contributed by atoms with E-state index in [2.05, 4.69) is 14.9 Å². The summed E-state index contributed by atoms with van der Waals surface area (Å²) in [6, 6.07) is 8.58. The van der Waals surface area contributed by atoms with Gasteiger partial charge < -0.3 is 13.9 Å². The Morgan fingerprint density at radius 2 is 2.04 bits per heavy atom. The topological polar surface area (TPSA) is 60.6 Å². The van der Waals surface area contributed by atoms with Crippen LogP contribution in [0.3, 0.4) is 0 Å². The third-order valence-corrected chi connectivity index (χ3v) is 4.93. The summed E-state index contributed by atoms with van der Waals surface area (Å²) in [5, 5.41) is 10.2. The second-order valence-corrected chi connectivity index (χ2v) is 6.83. The molecule has 0 N–H and O–H groups in total. The lowest BCUT2D eigenvalue weighted by Gasteiger charge is -2.22. The summed E-state index contributed by atoms with van der Waals surface area (Å²) in [5.41, 5.74) is 0.876. The van der Waals surface area contributed by atoms with E-state index in [0.29, 0.717) is 18.3 Å². The van der Waals surface area contributed by atoms with Crippen LogP contribution in [0.5, 0.6) is 11.5 Å². The second kappa shape index (κ2) is 8.45. The number of nitrogens with zero attached hydrogens (tertiary/aromatic N) is 3. The van der Waals surface area contributed by atoms with E-state index < -0.39 is 6.61 Å². The fourth-order valence-electron chi connectivity index (χ4n) is 2.52. The lowest BCUT2D eigenvalue weighted by atomic mass is 10.1. The van der Waals surface area contributed by atoms with Gasteiger partial charge in [0.05, 0.1) is 18.0 Å². The van der Waals surface area contributed by atoms with Crippen molar-refractivity contribution >= 4 is 11.3 Å². The van der Waals surface area contributed by atoms with E-state index in [0.717, 1.165) is 10.4 Å². The standard InChI is InChI=1S/C18H19F2N3O3S/c1-11(16-21-22-17(26-16)15-5-4-8-27-15)23(2)10-12-6-7-13(25-18(19)20)14(9-12)24-3/h4-9,11,18H,10H2,1-3H3/t11-/m0/s1. The van der Waals surface area contributed by atoms with Crippen LogP contribution in [0.4, 0.5) is 8.78 Å². The maximum absolute atomic E-state index is 12.4. The molecular formula is C18H19F2N3O3S. The van der Waals surface area contributed by atoms with Crippen molar-refractivity contribution in [3.8, 4) is 22.3 Å². The third kappa shape index (κ3) is 4.61. The lowest BCUT2D eigenvalue weighted by molar-refractivity contribution is -0.0512. The Hall–Kier alpha value is -2.52. The van der Waals surface area contributed by atoms with Gasteiger partial charge >= 0.3 is 6.61 Å². The van der Waals surface area contributed by atoms with Crippen molar-refractivity contribution in [2.24, 2.45) is 0 Å². The zero-order chi connectivity index (χ0) is 19.4. The van der Waals surface area contributed by atoms with Gasteiger partial charge in [0.2, 0.25) is 5.89 Å². The summed E-state index contributed by atoms with van der Waals surface area (Å²) in [6.45, 7) is -0.414. The molecule has 3 rings (SSSR count). The van der Waals surface area contributed by atoms with Crippen LogP contribution in [0.1, 0.15) is 24.4 Å². The van der Waals surface area contributed by atoms with Crippen LogP contribution < -0.4 is 9.47 Å². The monoisotopic (exact) mass is 395 g/mol. The lowest BCUT2D eigenvalue weighted by Crippen LogP contribution is -2.22. The minimum Gasteiger partial charge on any atom is -0.493 e. The summed E-state index contributed by atoms with van der Waals surface area (Å²) in [6.07, 6.45) is 0. The van der Waals surface area contributed by atoms with Crippen molar-refractivity contribution in [2.45, 2.75) is 26.1 Å². The normalized spacial score (nSPS) is 12.6. The molecule has 0 aliphatic heterocycles. The molecule has 144 valence electrons. The molecule has 0 saturated carbocycles. The maximum Gasteiger partial charge on any atom is 0.387 e. The predicted octanol–water partition coefficient (Wildman–Crippen LogP) is 4.60. The number of methoxy groups -OCH3 is 1. The Morgan fingerprint density at radius 3 is 2.70 bits per heavy atom. The third-order valence-electron chi connectivity index (χ3n) is 4.07. The Morgan fingerprint density at radius 1 is 1.22 bits per heavy atom. The molecule has 0 spiro atoms. The number of ether oxygens (including phenoxy) is 2. The molecule has 3 aromatic rings. The number of rotatable bonds is 8. The maximum atomic E-state index is 12.4. The highest BCUT2D eigenvalue weighted by molar-refractivity contribution is 7.13. The summed E-state index contributed by atoms with van der Waals surface area (Å²) in [7, 11) is 3.32. The number of thiophene rings is 1. The number of hydrogen-bond acceptors (Lipinski definition) is 7. The Bertz CT molecular complexity index is 871. The van der Waals surface area contributed by atoms with Gasteiger partial charge in [0, 0.05) is 6.54 Å². The minimum absolute atomic E-state index is 0.00411. The van der Waals surface area contributed by atoms with Crippen LogP contribution in [-0.4, -0.2) is 35.9 Å². The van der Waals surface area contributed by atoms with Gasteiger partial charge in [0.15, 0.2) is 11.5 Å². The molecule has 0 unspecified atom stereocenters. The molecule has 2 aromatic heterocycles. The van der Waals surface area contributed by atoms with Crippen LogP contribution >= 0.6 is 11.3 Å². The first-order valence-electron chi connectivity index (χ1n) is 8.17. The van der Waals surface area contributed by atoms with Gasteiger partial charge in [0.1, 0.15) is 0 Å². The van der Waals surface area contributed by atoms with Gasteiger partial charge in [-0.2, -0.15) is 8.78 Å². The van der Waals surface area contributed by atoms with E-state index in [4.69, 9.17) is 9.15 Å². The molecule has 1 aromatic carbocycles. The molecule has 0 aliphatic rings. The Labute approximate surface area is 159 Å². The summed E-state index contributed by atoms with van der Waals surface area (Å²) >= 11 is 1.53. The zero-order valence-corrected chi connectivity index (χ0v) is 15.9. The average Bonchev–Trinajstić information content (AvgIpc) is 3.33. The summed E-state index contributed by atoms with van der Waals surface area (Å²) < 4.78 is 40.2. The highest BCUT2D eigenvalue weighted by Gasteiger charge is 2.20. The van der Waals surface area contributed by atoms with E-state index in [1.807, 2.05) is 36.4 Å². The van der Waals surface area contributed by atoms with Crippen LogP contribution in [0.25, 0.3) is 10.8 Å². The van der Waals surface area contributed by atoms with E-state index in [1.54, 1.807) is 12.1 Å².